The lowest BCUT2D eigenvalue weighted by Gasteiger charge is -2.40. The van der Waals surface area contributed by atoms with Crippen molar-refractivity contribution in [3.8, 4) is 0 Å². The Morgan fingerprint density at radius 1 is 1.09 bits per heavy atom. The molecule has 6 atom stereocenters. The van der Waals surface area contributed by atoms with Crippen molar-refractivity contribution in [2.75, 3.05) is 32.5 Å². The van der Waals surface area contributed by atoms with Gasteiger partial charge >= 0.3 is 7.75 Å². The summed E-state index contributed by atoms with van der Waals surface area (Å²) >= 11 is 0. The number of carbonyl (C=O) groups is 2. The van der Waals surface area contributed by atoms with E-state index in [0.717, 1.165) is 0 Å². The summed E-state index contributed by atoms with van der Waals surface area (Å²) in [4.78, 5) is 35.4. The van der Waals surface area contributed by atoms with Crippen molar-refractivity contribution in [2.24, 2.45) is 0 Å². The zero-order valence-electron chi connectivity index (χ0n) is 18.6. The molecule has 1 aromatic rings. The molecule has 34 heavy (non-hydrogen) atoms. The maximum Gasteiger partial charge on any atom is 0.402 e. The second-order valence-corrected chi connectivity index (χ2v) is 9.80. The minimum atomic E-state index is -4.08. The van der Waals surface area contributed by atoms with Gasteiger partial charge in [-0.2, -0.15) is 0 Å². The summed E-state index contributed by atoms with van der Waals surface area (Å²) in [6.45, 7) is -0.178. The first kappa shape index (κ1) is 26.7. The van der Waals surface area contributed by atoms with E-state index in [4.69, 9.17) is 19.7 Å². The molecule has 2 aliphatic rings. The minimum Gasteiger partial charge on any atom is -0.399 e. The third-order valence-corrected chi connectivity index (χ3v) is 6.73. The van der Waals surface area contributed by atoms with Gasteiger partial charge in [-0.05, 0) is 44.5 Å². The number of ether oxygens (including phenoxy) is 2. The Morgan fingerprint density at radius 3 is 2.50 bits per heavy atom. The Bertz CT molecular complexity index is 947. The average Bonchev–Trinajstić information content (AvgIpc) is 3.04. The fourth-order valence-electron chi connectivity index (χ4n) is 3.69. The molecule has 1 saturated heterocycles. The van der Waals surface area contributed by atoms with Crippen molar-refractivity contribution in [2.45, 2.75) is 50.0 Å². The number of nitrogens with zero attached hydrogens (tertiary/aromatic N) is 1. The van der Waals surface area contributed by atoms with Gasteiger partial charge in [0.1, 0.15) is 24.4 Å². The Morgan fingerprint density at radius 2 is 1.79 bits per heavy atom. The number of nitrogens with one attached hydrogen (secondary N) is 1. The maximum absolute atomic E-state index is 12.4. The lowest BCUT2D eigenvalue weighted by Crippen LogP contribution is -2.59. The van der Waals surface area contributed by atoms with Crippen molar-refractivity contribution in [3.63, 3.8) is 0 Å². The maximum atomic E-state index is 12.4. The topological polar surface area (TPSA) is 201 Å². The molecule has 2 amide bonds. The van der Waals surface area contributed by atoms with Crippen LogP contribution in [0.15, 0.2) is 18.2 Å². The first-order valence-electron chi connectivity index (χ1n) is 10.8. The molecule has 14 heteroatoms. The Labute approximate surface area is 196 Å². The van der Waals surface area contributed by atoms with Crippen LogP contribution >= 0.6 is 7.75 Å². The van der Waals surface area contributed by atoms with E-state index in [0.29, 0.717) is 36.1 Å². The molecule has 0 saturated carbocycles. The van der Waals surface area contributed by atoms with Crippen molar-refractivity contribution in [1.82, 2.24) is 9.99 Å². The van der Waals surface area contributed by atoms with Crippen LogP contribution < -0.4 is 10.8 Å². The van der Waals surface area contributed by atoms with E-state index in [1.165, 1.54) is 24.1 Å². The molecule has 0 radical (unpaired) electrons. The minimum absolute atomic E-state index is 0.117. The first-order chi connectivity index (χ1) is 16.1. The van der Waals surface area contributed by atoms with E-state index < -0.39 is 45.1 Å². The van der Waals surface area contributed by atoms with E-state index >= 15 is 0 Å². The van der Waals surface area contributed by atoms with Crippen molar-refractivity contribution in [3.05, 3.63) is 29.3 Å². The molecule has 3 rings (SSSR count). The Hall–Kier alpha value is -1.93. The number of amides is 2. The number of imide groups is 1. The van der Waals surface area contributed by atoms with E-state index in [1.54, 1.807) is 6.07 Å². The van der Waals surface area contributed by atoms with Gasteiger partial charge in [0.25, 0.3) is 11.8 Å². The smallest absolute Gasteiger partial charge is 0.399 e. The van der Waals surface area contributed by atoms with Gasteiger partial charge in [-0.3, -0.25) is 19.0 Å². The van der Waals surface area contributed by atoms with E-state index in [1.807, 2.05) is 0 Å². The number of aliphatic hydroxyl groups excluding tert-OH is 3. The molecule has 0 aliphatic carbocycles. The number of unbranched alkanes of at least 4 members (excludes halogenated alkanes) is 2. The summed E-state index contributed by atoms with van der Waals surface area (Å²) in [5, 5.41) is 32.2. The van der Waals surface area contributed by atoms with Crippen LogP contribution in [0.5, 0.6) is 0 Å². The zero-order valence-corrected chi connectivity index (χ0v) is 19.5. The van der Waals surface area contributed by atoms with Gasteiger partial charge in [-0.25, -0.2) is 9.65 Å². The molecule has 190 valence electrons. The second-order valence-electron chi connectivity index (χ2n) is 8.05. The van der Waals surface area contributed by atoms with E-state index in [9.17, 15) is 34.4 Å². The molecule has 1 unspecified atom stereocenters. The third-order valence-electron chi connectivity index (χ3n) is 5.67. The van der Waals surface area contributed by atoms with Crippen LogP contribution in [0.25, 0.3) is 0 Å². The largest absolute Gasteiger partial charge is 0.402 e. The van der Waals surface area contributed by atoms with Gasteiger partial charge in [-0.1, -0.05) is 0 Å². The lowest BCUT2D eigenvalue weighted by atomic mass is 9.99. The summed E-state index contributed by atoms with van der Waals surface area (Å²) in [6, 6.07) is 4.60. The molecular formula is C20H30N3O10P. The van der Waals surface area contributed by atoms with Crippen molar-refractivity contribution < 1.29 is 48.4 Å². The fourth-order valence-corrected chi connectivity index (χ4v) is 4.17. The summed E-state index contributed by atoms with van der Waals surface area (Å²) in [7, 11) is -2.86. The van der Waals surface area contributed by atoms with Crippen LogP contribution in [0, 0.1) is 0 Å². The van der Waals surface area contributed by atoms with Gasteiger partial charge in [0.05, 0.1) is 17.7 Å². The van der Waals surface area contributed by atoms with Crippen LogP contribution in [-0.4, -0.2) is 94.4 Å². The van der Waals surface area contributed by atoms with Gasteiger partial charge in [0.2, 0.25) is 0 Å². The molecule has 7 N–H and O–H groups in total. The monoisotopic (exact) mass is 503 g/mol. The molecule has 0 spiro atoms. The summed E-state index contributed by atoms with van der Waals surface area (Å²) < 4.78 is 27.2. The highest BCUT2D eigenvalue weighted by Gasteiger charge is 2.45. The van der Waals surface area contributed by atoms with Gasteiger partial charge in [0.15, 0.2) is 6.29 Å². The molecule has 1 fully saturated rings. The molecular weight excluding hydrogens is 473 g/mol. The number of hydrogen-bond acceptors (Lipinski definition) is 10. The van der Waals surface area contributed by atoms with Crippen LogP contribution in [0.1, 0.15) is 40.0 Å². The molecule has 1 aromatic carbocycles. The number of hydrogen-bond donors (Lipinski definition) is 6. The quantitative estimate of drug-likeness (QED) is 0.0951. The van der Waals surface area contributed by atoms with Gasteiger partial charge in [-0.15, -0.1) is 0 Å². The lowest BCUT2D eigenvalue weighted by molar-refractivity contribution is -0.300. The molecule has 2 heterocycles. The number of benzene rings is 1. The highest BCUT2D eigenvalue weighted by molar-refractivity contribution is 7.50. The fraction of sp³-hybridized carbons (Fsp3) is 0.600. The standard InChI is InChI=1S/C20H30N3O10P/c1-22-34(29,30)32-10-14-15(24)16(25)17(26)20(33-14)31-8-4-2-3-7-23-18(27)12-6-5-11(21)9-13(12)19(23)28/h5-6,9,14-17,20,24-26H,2-4,7-8,10,21H2,1H3,(H2,22,29,30)/t14-,15+,16+,17-,20-/m1/s1. The second kappa shape index (κ2) is 11.2. The zero-order chi connectivity index (χ0) is 25.0. The third kappa shape index (κ3) is 6.00. The number of rotatable bonds is 11. The van der Waals surface area contributed by atoms with Crippen molar-refractivity contribution in [1.29, 1.82) is 0 Å². The number of nitrogens with two attached hydrogens (primary N) is 1. The van der Waals surface area contributed by atoms with E-state index in [-0.39, 0.29) is 25.0 Å². The Kier molecular flexibility index (Phi) is 8.79. The summed E-state index contributed by atoms with van der Waals surface area (Å²) in [5.74, 6) is -0.740. The predicted octanol–water partition coefficient (Wildman–Crippen LogP) is -0.804. The highest BCUT2D eigenvalue weighted by atomic mass is 31.2. The number of fused-ring (bicyclic) bond motifs is 1. The van der Waals surface area contributed by atoms with E-state index in [2.05, 4.69) is 5.09 Å². The number of anilines is 1. The average molecular weight is 503 g/mol. The number of carbonyl (C=O) groups excluding carboxylic acids is 2. The van der Waals surface area contributed by atoms with Crippen LogP contribution in [-0.2, 0) is 18.6 Å². The molecule has 2 aliphatic heterocycles. The highest BCUT2D eigenvalue weighted by Crippen LogP contribution is 2.37. The summed E-state index contributed by atoms with van der Waals surface area (Å²) in [5.41, 5.74) is 6.72. The normalized spacial score (nSPS) is 28.7. The first-order valence-corrected chi connectivity index (χ1v) is 12.4. The van der Waals surface area contributed by atoms with Crippen LogP contribution in [0.3, 0.4) is 0 Å². The SMILES string of the molecule is CNP(=O)(O)OC[C@H]1O[C@@H](OCCCCCN2C(=O)c3ccc(N)cc3C2=O)[C@H](O)[C@@H](O)[C@H]1O. The number of aliphatic hydroxyl groups is 3. The van der Waals surface area contributed by atoms with Crippen LogP contribution in [0.4, 0.5) is 5.69 Å². The summed E-state index contributed by atoms with van der Waals surface area (Å²) in [6.07, 6.45) is -5.60. The molecule has 0 aromatic heterocycles. The molecule has 0 bridgehead atoms. The molecule has 13 nitrogen and oxygen atoms in total. The Balaban J connectivity index is 1.41. The van der Waals surface area contributed by atoms with Crippen molar-refractivity contribution >= 4 is 25.2 Å². The van der Waals surface area contributed by atoms with Gasteiger partial charge in [0, 0.05) is 18.8 Å². The van der Waals surface area contributed by atoms with Gasteiger partial charge < -0.3 is 35.4 Å². The number of nitrogen functional groups attached to an aromatic ring is 1. The van der Waals surface area contributed by atoms with Crippen LogP contribution in [0.2, 0.25) is 0 Å². The predicted molar refractivity (Wildman–Crippen MR) is 118 cm³/mol.